The molecule has 0 bridgehead atoms. The van der Waals surface area contributed by atoms with Crippen molar-refractivity contribution in [1.29, 1.82) is 5.26 Å². The zero-order valence-electron chi connectivity index (χ0n) is 9.79. The van der Waals surface area contributed by atoms with Crippen molar-refractivity contribution in [3.63, 3.8) is 0 Å². The van der Waals surface area contributed by atoms with Gasteiger partial charge in [-0.05, 0) is 23.6 Å². The number of nitro benzene ring substituents is 1. The quantitative estimate of drug-likeness (QED) is 0.694. The van der Waals surface area contributed by atoms with Gasteiger partial charge in [0.15, 0.2) is 0 Å². The second-order valence-corrected chi connectivity index (χ2v) is 5.00. The van der Waals surface area contributed by atoms with Crippen molar-refractivity contribution in [2.45, 2.75) is 0 Å². The van der Waals surface area contributed by atoms with Gasteiger partial charge in [-0.2, -0.15) is 5.26 Å². The van der Waals surface area contributed by atoms with Gasteiger partial charge in [0.2, 0.25) is 0 Å². The number of thiophene rings is 1. The van der Waals surface area contributed by atoms with Crippen LogP contribution in [0.3, 0.4) is 0 Å². The van der Waals surface area contributed by atoms with E-state index < -0.39 is 10.8 Å². The Morgan fingerprint density at radius 1 is 1.45 bits per heavy atom. The van der Waals surface area contributed by atoms with Crippen molar-refractivity contribution in [3.8, 4) is 6.07 Å². The normalized spacial score (nSPS) is 9.80. The van der Waals surface area contributed by atoms with Gasteiger partial charge >= 0.3 is 0 Å². The number of amides is 1. The van der Waals surface area contributed by atoms with Gasteiger partial charge in [-0.1, -0.05) is 11.6 Å². The predicted molar refractivity (Wildman–Crippen MR) is 75.1 cm³/mol. The van der Waals surface area contributed by atoms with Crippen LogP contribution in [0, 0.1) is 21.4 Å². The maximum Gasteiger partial charge on any atom is 0.282 e. The summed E-state index contributed by atoms with van der Waals surface area (Å²) in [6.07, 6.45) is 0. The minimum Gasteiger partial charge on any atom is -0.312 e. The first kappa shape index (κ1) is 14.0. The number of hydrogen-bond donors (Lipinski definition) is 1. The van der Waals surface area contributed by atoms with E-state index in [2.05, 4.69) is 5.32 Å². The fourth-order valence-electron chi connectivity index (χ4n) is 1.51. The molecule has 2 rings (SSSR count). The first-order valence-electron chi connectivity index (χ1n) is 5.26. The molecule has 0 fully saturated rings. The molecule has 1 N–H and O–H groups in total. The smallest absolute Gasteiger partial charge is 0.282 e. The minimum atomic E-state index is -0.682. The Kier molecular flexibility index (Phi) is 3.98. The third-order valence-electron chi connectivity index (χ3n) is 2.41. The van der Waals surface area contributed by atoms with Crippen molar-refractivity contribution < 1.29 is 9.72 Å². The molecule has 6 nitrogen and oxygen atoms in total. The van der Waals surface area contributed by atoms with E-state index in [1.165, 1.54) is 12.1 Å². The highest BCUT2D eigenvalue weighted by atomic mass is 35.5. The third kappa shape index (κ3) is 2.77. The number of hydrogen-bond acceptors (Lipinski definition) is 5. The number of carbonyl (C=O) groups is 1. The molecule has 0 radical (unpaired) electrons. The van der Waals surface area contributed by atoms with Gasteiger partial charge in [0, 0.05) is 11.1 Å². The van der Waals surface area contributed by atoms with E-state index in [1.807, 2.05) is 6.07 Å². The highest BCUT2D eigenvalue weighted by Crippen LogP contribution is 2.26. The van der Waals surface area contributed by atoms with E-state index >= 15 is 0 Å². The van der Waals surface area contributed by atoms with Crippen LogP contribution in [0.1, 0.15) is 15.9 Å². The van der Waals surface area contributed by atoms with Crippen LogP contribution in [-0.4, -0.2) is 10.8 Å². The van der Waals surface area contributed by atoms with Gasteiger partial charge in [0.05, 0.1) is 10.5 Å². The summed E-state index contributed by atoms with van der Waals surface area (Å²) in [5, 5.41) is 24.4. The molecule has 1 heterocycles. The lowest BCUT2D eigenvalue weighted by Gasteiger charge is -2.04. The standard InChI is InChI=1S/C12H6ClN3O3S/c13-8-1-2-10(16(18)19)9(5-8)11(17)15-12-7(6-14)3-4-20-12/h1-5H,(H,15,17). The lowest BCUT2D eigenvalue weighted by atomic mass is 10.1. The molecule has 1 amide bonds. The number of anilines is 1. The second kappa shape index (κ2) is 5.69. The van der Waals surface area contributed by atoms with Gasteiger partial charge in [0.1, 0.15) is 16.6 Å². The van der Waals surface area contributed by atoms with E-state index in [1.54, 1.807) is 11.4 Å². The van der Waals surface area contributed by atoms with Crippen molar-refractivity contribution in [3.05, 3.63) is 55.9 Å². The van der Waals surface area contributed by atoms with Crippen LogP contribution in [0.15, 0.2) is 29.6 Å². The van der Waals surface area contributed by atoms with Crippen LogP contribution in [-0.2, 0) is 0 Å². The van der Waals surface area contributed by atoms with Crippen LogP contribution >= 0.6 is 22.9 Å². The molecular formula is C12H6ClN3O3S. The average molecular weight is 308 g/mol. The maximum absolute atomic E-state index is 12.1. The zero-order valence-corrected chi connectivity index (χ0v) is 11.4. The second-order valence-electron chi connectivity index (χ2n) is 3.65. The summed E-state index contributed by atoms with van der Waals surface area (Å²) in [4.78, 5) is 22.3. The van der Waals surface area contributed by atoms with Crippen molar-refractivity contribution in [2.24, 2.45) is 0 Å². The molecule has 2 aromatic rings. The van der Waals surface area contributed by atoms with Crippen molar-refractivity contribution in [2.75, 3.05) is 5.32 Å². The van der Waals surface area contributed by atoms with E-state index in [0.29, 0.717) is 10.6 Å². The van der Waals surface area contributed by atoms with Gasteiger partial charge in [-0.25, -0.2) is 0 Å². The molecular weight excluding hydrogens is 302 g/mol. The topological polar surface area (TPSA) is 96.0 Å². The van der Waals surface area contributed by atoms with Gasteiger partial charge in [-0.15, -0.1) is 11.3 Å². The first-order valence-corrected chi connectivity index (χ1v) is 6.51. The van der Waals surface area contributed by atoms with Gasteiger partial charge in [0.25, 0.3) is 11.6 Å². The molecule has 20 heavy (non-hydrogen) atoms. The molecule has 0 atom stereocenters. The number of nitrogens with one attached hydrogen (secondary N) is 1. The summed E-state index contributed by atoms with van der Waals surface area (Å²) in [6, 6.07) is 7.18. The van der Waals surface area contributed by atoms with Crippen molar-refractivity contribution >= 4 is 39.5 Å². The molecule has 0 saturated carbocycles. The van der Waals surface area contributed by atoms with Crippen LogP contribution in [0.2, 0.25) is 5.02 Å². The Morgan fingerprint density at radius 3 is 2.85 bits per heavy atom. The molecule has 1 aromatic heterocycles. The Bertz CT molecular complexity index is 736. The Labute approximate surface area is 122 Å². The molecule has 0 aliphatic heterocycles. The number of rotatable bonds is 3. The molecule has 100 valence electrons. The van der Waals surface area contributed by atoms with E-state index in [-0.39, 0.29) is 16.3 Å². The monoisotopic (exact) mass is 307 g/mol. The highest BCUT2D eigenvalue weighted by Gasteiger charge is 2.21. The highest BCUT2D eigenvalue weighted by molar-refractivity contribution is 7.14. The summed E-state index contributed by atoms with van der Waals surface area (Å²) >= 11 is 6.91. The number of nitro groups is 1. The maximum atomic E-state index is 12.1. The molecule has 0 aliphatic rings. The predicted octanol–water partition coefficient (Wildman–Crippen LogP) is 3.43. The molecule has 0 spiro atoms. The molecule has 0 unspecified atom stereocenters. The molecule has 0 aliphatic carbocycles. The summed E-state index contributed by atoms with van der Waals surface area (Å²) in [5.41, 5.74) is -0.199. The summed E-state index contributed by atoms with van der Waals surface area (Å²) in [5.74, 6) is -0.682. The molecule has 1 aromatic carbocycles. The summed E-state index contributed by atoms with van der Waals surface area (Å²) in [6.45, 7) is 0. The fraction of sp³-hybridized carbons (Fsp3) is 0. The number of nitrogens with zero attached hydrogens (tertiary/aromatic N) is 2. The van der Waals surface area contributed by atoms with E-state index in [4.69, 9.17) is 16.9 Å². The molecule has 8 heteroatoms. The number of benzene rings is 1. The number of nitriles is 1. The Hall–Kier alpha value is -2.43. The van der Waals surface area contributed by atoms with Crippen LogP contribution < -0.4 is 5.32 Å². The minimum absolute atomic E-state index is 0.153. The van der Waals surface area contributed by atoms with Crippen LogP contribution in [0.4, 0.5) is 10.7 Å². The number of halogens is 1. The molecule has 0 saturated heterocycles. The zero-order chi connectivity index (χ0) is 14.7. The van der Waals surface area contributed by atoms with Crippen molar-refractivity contribution in [1.82, 2.24) is 0 Å². The first-order chi connectivity index (χ1) is 9.52. The van der Waals surface area contributed by atoms with Gasteiger partial charge < -0.3 is 5.32 Å². The van der Waals surface area contributed by atoms with Gasteiger partial charge in [-0.3, -0.25) is 14.9 Å². The average Bonchev–Trinajstić information content (AvgIpc) is 2.85. The van der Waals surface area contributed by atoms with E-state index in [0.717, 1.165) is 17.4 Å². The number of carbonyl (C=O) groups excluding carboxylic acids is 1. The Morgan fingerprint density at radius 2 is 2.20 bits per heavy atom. The Balaban J connectivity index is 2.37. The SMILES string of the molecule is N#Cc1ccsc1NC(=O)c1cc(Cl)ccc1[N+](=O)[O-]. The lowest BCUT2D eigenvalue weighted by molar-refractivity contribution is -0.385. The largest absolute Gasteiger partial charge is 0.312 e. The lowest BCUT2D eigenvalue weighted by Crippen LogP contribution is -2.13. The third-order valence-corrected chi connectivity index (χ3v) is 3.48. The van der Waals surface area contributed by atoms with Crippen LogP contribution in [0.5, 0.6) is 0 Å². The summed E-state index contributed by atoms with van der Waals surface area (Å²) in [7, 11) is 0. The summed E-state index contributed by atoms with van der Waals surface area (Å²) < 4.78 is 0. The van der Waals surface area contributed by atoms with E-state index in [9.17, 15) is 14.9 Å². The fourth-order valence-corrected chi connectivity index (χ4v) is 2.42. The van der Waals surface area contributed by atoms with Crippen LogP contribution in [0.25, 0.3) is 0 Å².